The molecule has 0 bridgehead atoms. The summed E-state index contributed by atoms with van der Waals surface area (Å²) in [7, 11) is 1.36. The Morgan fingerprint density at radius 3 is 2.70 bits per heavy atom. The van der Waals surface area contributed by atoms with Gasteiger partial charge in [0.15, 0.2) is 0 Å². The van der Waals surface area contributed by atoms with Crippen molar-refractivity contribution in [2.24, 2.45) is 0 Å². The molecule has 0 amide bonds. The Balaban J connectivity index is 1.87. The van der Waals surface area contributed by atoms with E-state index < -0.39 is 5.97 Å². The fourth-order valence-electron chi connectivity index (χ4n) is 3.11. The molecule has 0 aliphatic heterocycles. The molecule has 4 rings (SSSR count). The van der Waals surface area contributed by atoms with Crippen LogP contribution in [0.15, 0.2) is 54.7 Å². The molecule has 0 spiro atoms. The number of methoxy groups -OCH3 is 1. The van der Waals surface area contributed by atoms with Gasteiger partial charge in [-0.3, -0.25) is 4.68 Å². The predicted molar refractivity (Wildman–Crippen MR) is 103 cm³/mol. The first kappa shape index (κ1) is 17.3. The number of esters is 1. The first-order chi connectivity index (χ1) is 13.1. The summed E-state index contributed by atoms with van der Waals surface area (Å²) >= 11 is 6.03. The number of benzene rings is 1. The summed E-state index contributed by atoms with van der Waals surface area (Å²) in [6, 6.07) is 15.1. The minimum absolute atomic E-state index is 0.376. The Hall–Kier alpha value is -3.12. The van der Waals surface area contributed by atoms with E-state index in [2.05, 4.69) is 5.10 Å². The van der Waals surface area contributed by atoms with Crippen molar-refractivity contribution in [3.8, 4) is 11.3 Å². The van der Waals surface area contributed by atoms with E-state index >= 15 is 0 Å². The summed E-state index contributed by atoms with van der Waals surface area (Å²) in [6.45, 7) is 2.22. The van der Waals surface area contributed by atoms with Gasteiger partial charge in [0.05, 0.1) is 30.7 Å². The lowest BCUT2D eigenvalue weighted by Gasteiger charge is -2.09. The maximum atomic E-state index is 12.1. The summed E-state index contributed by atoms with van der Waals surface area (Å²) in [5, 5.41) is 5.13. The zero-order chi connectivity index (χ0) is 19.0. The summed E-state index contributed by atoms with van der Waals surface area (Å²) in [4.78, 5) is 16.9. The summed E-state index contributed by atoms with van der Waals surface area (Å²) in [5.41, 5.74) is 4.66. The third-order valence-electron chi connectivity index (χ3n) is 4.34. The van der Waals surface area contributed by atoms with Crippen molar-refractivity contribution in [2.75, 3.05) is 7.11 Å². The fourth-order valence-corrected chi connectivity index (χ4v) is 3.24. The standard InChI is InChI=1S/C20H17ClN4O2/c1-13-11-16(20(26)27-2)25(23-13)12-17-19(14-6-8-15(21)9-7-14)22-18-5-3-4-10-24(17)18/h3-11H,12H2,1-2H3. The predicted octanol–water partition coefficient (Wildman–Crippen LogP) is 3.99. The van der Waals surface area contributed by atoms with Gasteiger partial charge in [-0.1, -0.05) is 29.8 Å². The molecule has 1 aromatic carbocycles. The second-order valence-electron chi connectivity index (χ2n) is 6.16. The van der Waals surface area contributed by atoms with E-state index in [9.17, 15) is 4.79 Å². The Morgan fingerprint density at radius 2 is 1.96 bits per heavy atom. The van der Waals surface area contributed by atoms with Gasteiger partial charge in [-0.15, -0.1) is 0 Å². The van der Waals surface area contributed by atoms with Crippen LogP contribution in [0.4, 0.5) is 0 Å². The average molecular weight is 381 g/mol. The first-order valence-electron chi connectivity index (χ1n) is 8.41. The van der Waals surface area contributed by atoms with Gasteiger partial charge in [-0.2, -0.15) is 5.10 Å². The number of carbonyl (C=O) groups is 1. The molecule has 0 fully saturated rings. The molecule has 0 aliphatic carbocycles. The quantitative estimate of drug-likeness (QED) is 0.502. The Kier molecular flexibility index (Phi) is 4.41. The molecule has 0 atom stereocenters. The summed E-state index contributed by atoms with van der Waals surface area (Å²) in [6.07, 6.45) is 1.95. The first-order valence-corrected chi connectivity index (χ1v) is 8.79. The van der Waals surface area contributed by atoms with Crippen molar-refractivity contribution in [3.63, 3.8) is 0 Å². The molecule has 0 N–H and O–H groups in total. The molecule has 3 aromatic heterocycles. The van der Waals surface area contributed by atoms with E-state index in [-0.39, 0.29) is 0 Å². The lowest BCUT2D eigenvalue weighted by Crippen LogP contribution is -2.14. The number of pyridine rings is 1. The maximum Gasteiger partial charge on any atom is 0.356 e. The summed E-state index contributed by atoms with van der Waals surface area (Å²) in [5.74, 6) is -0.419. The number of aryl methyl sites for hydroxylation is 1. The van der Waals surface area contributed by atoms with Crippen molar-refractivity contribution < 1.29 is 9.53 Å². The molecule has 0 unspecified atom stereocenters. The number of imidazole rings is 1. The number of ether oxygens (including phenoxy) is 1. The molecule has 0 saturated heterocycles. The van der Waals surface area contributed by atoms with E-state index in [1.54, 1.807) is 10.7 Å². The molecule has 27 heavy (non-hydrogen) atoms. The number of nitrogens with zero attached hydrogens (tertiary/aromatic N) is 4. The lowest BCUT2D eigenvalue weighted by atomic mass is 10.1. The Morgan fingerprint density at radius 1 is 1.19 bits per heavy atom. The van der Waals surface area contributed by atoms with Crippen LogP contribution < -0.4 is 0 Å². The van der Waals surface area contributed by atoms with Gasteiger partial charge in [-0.05, 0) is 37.3 Å². The second kappa shape index (κ2) is 6.89. The third kappa shape index (κ3) is 3.19. The highest BCUT2D eigenvalue weighted by Gasteiger charge is 2.19. The highest BCUT2D eigenvalue weighted by atomic mass is 35.5. The van der Waals surface area contributed by atoms with Crippen molar-refractivity contribution in [1.82, 2.24) is 19.2 Å². The smallest absolute Gasteiger partial charge is 0.356 e. The number of fused-ring (bicyclic) bond motifs is 1. The van der Waals surface area contributed by atoms with Crippen LogP contribution in [0.2, 0.25) is 5.02 Å². The summed E-state index contributed by atoms with van der Waals surface area (Å²) < 4.78 is 8.54. The maximum absolute atomic E-state index is 12.1. The fraction of sp³-hybridized carbons (Fsp3) is 0.150. The van der Waals surface area contributed by atoms with E-state index in [4.69, 9.17) is 21.3 Å². The molecule has 6 nitrogen and oxygen atoms in total. The molecule has 0 aliphatic rings. The van der Waals surface area contributed by atoms with Crippen LogP contribution in [-0.2, 0) is 11.3 Å². The van der Waals surface area contributed by atoms with Gasteiger partial charge in [0, 0.05) is 16.8 Å². The molecule has 0 radical (unpaired) electrons. The molecule has 0 saturated carbocycles. The van der Waals surface area contributed by atoms with Crippen molar-refractivity contribution in [1.29, 1.82) is 0 Å². The molecule has 3 heterocycles. The van der Waals surface area contributed by atoms with Crippen LogP contribution in [0.5, 0.6) is 0 Å². The van der Waals surface area contributed by atoms with Crippen LogP contribution in [-0.4, -0.2) is 32.2 Å². The van der Waals surface area contributed by atoms with E-state index in [1.807, 2.05) is 60.0 Å². The SMILES string of the molecule is COC(=O)c1cc(C)nn1Cc1c(-c2ccc(Cl)cc2)nc2ccccn12. The van der Waals surface area contributed by atoms with Gasteiger partial charge in [0.1, 0.15) is 11.3 Å². The Labute approximate surface area is 161 Å². The third-order valence-corrected chi connectivity index (χ3v) is 4.59. The van der Waals surface area contributed by atoms with Gasteiger partial charge < -0.3 is 9.14 Å². The molecule has 136 valence electrons. The molecule has 4 aromatic rings. The number of hydrogen-bond donors (Lipinski definition) is 0. The highest BCUT2D eigenvalue weighted by Crippen LogP contribution is 2.27. The topological polar surface area (TPSA) is 61.4 Å². The van der Waals surface area contributed by atoms with Crippen LogP contribution in [0.1, 0.15) is 21.9 Å². The van der Waals surface area contributed by atoms with E-state index in [1.165, 1.54) is 7.11 Å². The minimum Gasteiger partial charge on any atom is -0.464 e. The van der Waals surface area contributed by atoms with Crippen LogP contribution >= 0.6 is 11.6 Å². The zero-order valence-corrected chi connectivity index (χ0v) is 15.6. The Bertz CT molecular complexity index is 1130. The van der Waals surface area contributed by atoms with Crippen LogP contribution in [0.25, 0.3) is 16.9 Å². The minimum atomic E-state index is -0.419. The second-order valence-corrected chi connectivity index (χ2v) is 6.60. The monoisotopic (exact) mass is 380 g/mol. The van der Waals surface area contributed by atoms with Crippen molar-refractivity contribution in [2.45, 2.75) is 13.5 Å². The largest absolute Gasteiger partial charge is 0.464 e. The van der Waals surface area contributed by atoms with E-state index in [0.29, 0.717) is 17.3 Å². The van der Waals surface area contributed by atoms with E-state index in [0.717, 1.165) is 28.3 Å². The number of halogens is 1. The average Bonchev–Trinajstić information content (AvgIpc) is 3.23. The van der Waals surface area contributed by atoms with Crippen LogP contribution in [0, 0.1) is 6.92 Å². The number of carbonyl (C=O) groups excluding carboxylic acids is 1. The van der Waals surface area contributed by atoms with Gasteiger partial charge >= 0.3 is 5.97 Å². The number of aromatic nitrogens is 4. The molecular formula is C20H17ClN4O2. The van der Waals surface area contributed by atoms with Crippen molar-refractivity contribution >= 4 is 23.2 Å². The number of hydrogen-bond acceptors (Lipinski definition) is 4. The van der Waals surface area contributed by atoms with Gasteiger partial charge in [0.25, 0.3) is 0 Å². The van der Waals surface area contributed by atoms with Crippen LogP contribution in [0.3, 0.4) is 0 Å². The van der Waals surface area contributed by atoms with Gasteiger partial charge in [-0.25, -0.2) is 9.78 Å². The number of rotatable bonds is 4. The molecule has 7 heteroatoms. The zero-order valence-electron chi connectivity index (χ0n) is 14.9. The van der Waals surface area contributed by atoms with Gasteiger partial charge in [0.2, 0.25) is 0 Å². The normalized spacial score (nSPS) is 11.1. The van der Waals surface area contributed by atoms with Crippen molar-refractivity contribution in [3.05, 3.63) is 76.8 Å². The highest BCUT2D eigenvalue weighted by molar-refractivity contribution is 6.30. The lowest BCUT2D eigenvalue weighted by molar-refractivity contribution is 0.0587. The molecular weight excluding hydrogens is 364 g/mol.